The zero-order chi connectivity index (χ0) is 15.9. The van der Waals surface area contributed by atoms with Crippen LogP contribution in [0.3, 0.4) is 0 Å². The van der Waals surface area contributed by atoms with E-state index in [0.29, 0.717) is 11.4 Å². The van der Waals surface area contributed by atoms with Crippen LogP contribution in [-0.4, -0.2) is 41.4 Å². The van der Waals surface area contributed by atoms with E-state index in [1.54, 1.807) is 19.1 Å². The number of carbonyl (C=O) groups excluding carboxylic acids is 3. The quantitative estimate of drug-likeness (QED) is 0.795. The van der Waals surface area contributed by atoms with E-state index in [-0.39, 0.29) is 24.8 Å². The van der Waals surface area contributed by atoms with Crippen molar-refractivity contribution in [2.75, 3.05) is 17.7 Å². The van der Waals surface area contributed by atoms with E-state index in [1.807, 2.05) is 18.2 Å². The smallest absolute Gasteiger partial charge is 0.329 e. The third-order valence-corrected chi connectivity index (χ3v) is 4.38. The largest absolute Gasteiger partial charge is 0.464 e. The fourth-order valence-corrected chi connectivity index (χ4v) is 3.15. The number of amides is 2. The number of carbonyl (C=O) groups is 3. The number of ether oxygens (including phenoxy) is 1. The Bertz CT molecular complexity index is 550. The maximum absolute atomic E-state index is 12.0. The molecule has 1 aliphatic rings. The fourth-order valence-electron chi connectivity index (χ4n) is 2.02. The lowest BCUT2D eigenvalue weighted by Gasteiger charge is -2.27. The van der Waals surface area contributed by atoms with Crippen LogP contribution < -0.4 is 10.6 Å². The van der Waals surface area contributed by atoms with E-state index in [9.17, 15) is 14.4 Å². The molecule has 2 amide bonds. The third kappa shape index (κ3) is 4.49. The minimum atomic E-state index is -0.633. The van der Waals surface area contributed by atoms with Crippen LogP contribution in [0.5, 0.6) is 0 Å². The summed E-state index contributed by atoms with van der Waals surface area (Å²) in [4.78, 5) is 35.5. The van der Waals surface area contributed by atoms with Gasteiger partial charge in [-0.05, 0) is 19.1 Å². The van der Waals surface area contributed by atoms with Crippen molar-refractivity contribution >= 4 is 35.2 Å². The summed E-state index contributed by atoms with van der Waals surface area (Å²) < 4.78 is 4.88. The molecule has 1 aliphatic heterocycles. The highest BCUT2D eigenvalue weighted by atomic mass is 32.2. The van der Waals surface area contributed by atoms with Gasteiger partial charge in [0.1, 0.15) is 6.04 Å². The molecule has 1 aromatic carbocycles. The summed E-state index contributed by atoms with van der Waals surface area (Å²) in [7, 11) is 0. The topological polar surface area (TPSA) is 84.5 Å². The SMILES string of the molecule is CCOC(=O)C1CSC(CC(=O)Nc2ccccc2)C(=O)N1. The van der Waals surface area contributed by atoms with Crippen molar-refractivity contribution in [3.05, 3.63) is 30.3 Å². The number of hydrogen-bond acceptors (Lipinski definition) is 5. The molecule has 2 unspecified atom stereocenters. The molecule has 0 saturated carbocycles. The molecule has 0 aliphatic carbocycles. The predicted octanol–water partition coefficient (Wildman–Crippen LogP) is 1.18. The molecule has 1 aromatic rings. The average molecular weight is 322 g/mol. The molecule has 0 spiro atoms. The van der Waals surface area contributed by atoms with E-state index in [1.165, 1.54) is 11.8 Å². The third-order valence-electron chi connectivity index (χ3n) is 3.07. The highest BCUT2D eigenvalue weighted by Crippen LogP contribution is 2.22. The average Bonchev–Trinajstić information content (AvgIpc) is 2.50. The number of thioether (sulfide) groups is 1. The monoisotopic (exact) mass is 322 g/mol. The molecule has 1 saturated heterocycles. The van der Waals surface area contributed by atoms with E-state index < -0.39 is 17.3 Å². The number of para-hydroxylation sites is 1. The maximum atomic E-state index is 12.0. The van der Waals surface area contributed by atoms with Gasteiger partial charge < -0.3 is 15.4 Å². The number of esters is 1. The fraction of sp³-hybridized carbons (Fsp3) is 0.400. The number of hydrogen-bond donors (Lipinski definition) is 2. The van der Waals surface area contributed by atoms with Gasteiger partial charge in [0.2, 0.25) is 11.8 Å². The summed E-state index contributed by atoms with van der Waals surface area (Å²) >= 11 is 1.30. The van der Waals surface area contributed by atoms with Crippen molar-refractivity contribution in [2.24, 2.45) is 0 Å². The standard InChI is InChI=1S/C15H18N2O4S/c1-2-21-15(20)11-9-22-12(14(19)17-11)8-13(18)16-10-6-4-3-5-7-10/h3-7,11-12H,2,8-9H2,1H3,(H,16,18)(H,17,19). The Morgan fingerprint density at radius 1 is 1.36 bits per heavy atom. The minimum absolute atomic E-state index is 0.0704. The summed E-state index contributed by atoms with van der Waals surface area (Å²) in [5, 5.41) is 4.85. The second kappa shape index (κ2) is 7.84. The Balaban J connectivity index is 1.83. The van der Waals surface area contributed by atoms with Crippen molar-refractivity contribution < 1.29 is 19.1 Å². The Morgan fingerprint density at radius 3 is 2.73 bits per heavy atom. The molecule has 0 radical (unpaired) electrons. The normalized spacial score (nSPS) is 20.9. The van der Waals surface area contributed by atoms with Gasteiger partial charge in [-0.25, -0.2) is 4.79 Å². The molecule has 1 fully saturated rings. The van der Waals surface area contributed by atoms with Crippen molar-refractivity contribution in [3.8, 4) is 0 Å². The van der Waals surface area contributed by atoms with E-state index in [2.05, 4.69) is 10.6 Å². The van der Waals surface area contributed by atoms with Crippen LogP contribution in [0.25, 0.3) is 0 Å². The first kappa shape index (κ1) is 16.4. The van der Waals surface area contributed by atoms with Crippen LogP contribution in [0.2, 0.25) is 0 Å². The summed E-state index contributed by atoms with van der Waals surface area (Å²) in [6.07, 6.45) is 0.0704. The second-order valence-electron chi connectivity index (χ2n) is 4.75. The van der Waals surface area contributed by atoms with Gasteiger partial charge in [-0.3, -0.25) is 9.59 Å². The lowest BCUT2D eigenvalue weighted by Crippen LogP contribution is -2.51. The highest BCUT2D eigenvalue weighted by molar-refractivity contribution is 8.00. The van der Waals surface area contributed by atoms with Crippen LogP contribution in [-0.2, 0) is 19.1 Å². The number of anilines is 1. The van der Waals surface area contributed by atoms with Crippen LogP contribution in [0, 0.1) is 0 Å². The Labute approximate surface area is 133 Å². The molecule has 2 atom stereocenters. The Morgan fingerprint density at radius 2 is 2.09 bits per heavy atom. The van der Waals surface area contributed by atoms with Gasteiger partial charge in [0.25, 0.3) is 0 Å². The summed E-state index contributed by atoms with van der Waals surface area (Å²) in [6, 6.07) is 8.43. The first-order valence-corrected chi connectivity index (χ1v) is 8.08. The van der Waals surface area contributed by atoms with Crippen molar-refractivity contribution in [1.82, 2.24) is 5.32 Å². The lowest BCUT2D eigenvalue weighted by atomic mass is 10.2. The van der Waals surface area contributed by atoms with Gasteiger partial charge in [0.15, 0.2) is 0 Å². The first-order chi connectivity index (χ1) is 10.6. The molecular formula is C15H18N2O4S. The maximum Gasteiger partial charge on any atom is 0.329 e. The van der Waals surface area contributed by atoms with Gasteiger partial charge in [0, 0.05) is 17.9 Å². The zero-order valence-electron chi connectivity index (χ0n) is 12.2. The molecular weight excluding hydrogens is 304 g/mol. The van der Waals surface area contributed by atoms with Crippen LogP contribution in [0.1, 0.15) is 13.3 Å². The summed E-state index contributed by atoms with van der Waals surface area (Å²) in [5.41, 5.74) is 0.693. The molecule has 22 heavy (non-hydrogen) atoms. The summed E-state index contributed by atoms with van der Waals surface area (Å²) in [6.45, 7) is 1.99. The van der Waals surface area contributed by atoms with Gasteiger partial charge in [-0.2, -0.15) is 0 Å². The van der Waals surface area contributed by atoms with Crippen molar-refractivity contribution in [2.45, 2.75) is 24.6 Å². The molecule has 0 aromatic heterocycles. The lowest BCUT2D eigenvalue weighted by molar-refractivity contribution is -0.146. The molecule has 118 valence electrons. The second-order valence-corrected chi connectivity index (χ2v) is 5.99. The van der Waals surface area contributed by atoms with Crippen LogP contribution >= 0.6 is 11.8 Å². The number of nitrogens with one attached hydrogen (secondary N) is 2. The zero-order valence-corrected chi connectivity index (χ0v) is 13.0. The van der Waals surface area contributed by atoms with Crippen molar-refractivity contribution in [3.63, 3.8) is 0 Å². The highest BCUT2D eigenvalue weighted by Gasteiger charge is 2.34. The first-order valence-electron chi connectivity index (χ1n) is 7.03. The van der Waals surface area contributed by atoms with E-state index >= 15 is 0 Å². The van der Waals surface area contributed by atoms with E-state index in [4.69, 9.17) is 4.74 Å². The molecule has 2 rings (SSSR count). The Kier molecular flexibility index (Phi) is 5.83. The molecule has 0 bridgehead atoms. The van der Waals surface area contributed by atoms with Crippen LogP contribution in [0.4, 0.5) is 5.69 Å². The van der Waals surface area contributed by atoms with E-state index in [0.717, 1.165) is 0 Å². The Hall–Kier alpha value is -2.02. The number of benzene rings is 1. The van der Waals surface area contributed by atoms with Gasteiger partial charge in [0.05, 0.1) is 11.9 Å². The number of rotatable bonds is 5. The minimum Gasteiger partial charge on any atom is -0.464 e. The molecule has 1 heterocycles. The molecule has 7 heteroatoms. The molecule has 6 nitrogen and oxygen atoms in total. The molecule has 2 N–H and O–H groups in total. The van der Waals surface area contributed by atoms with Gasteiger partial charge in [-0.1, -0.05) is 18.2 Å². The van der Waals surface area contributed by atoms with Gasteiger partial charge in [-0.15, -0.1) is 11.8 Å². The van der Waals surface area contributed by atoms with Gasteiger partial charge >= 0.3 is 5.97 Å². The summed E-state index contributed by atoms with van der Waals surface area (Å²) in [5.74, 6) is -0.560. The predicted molar refractivity (Wildman–Crippen MR) is 84.5 cm³/mol. The van der Waals surface area contributed by atoms with Crippen LogP contribution in [0.15, 0.2) is 30.3 Å². The van der Waals surface area contributed by atoms with Crippen molar-refractivity contribution in [1.29, 1.82) is 0 Å².